The summed E-state index contributed by atoms with van der Waals surface area (Å²) < 4.78 is 41.4. The largest absolute Gasteiger partial charge is 0.416 e. The van der Waals surface area contributed by atoms with Crippen molar-refractivity contribution in [2.75, 3.05) is 24.1 Å². The molecular weight excluding hydrogens is 597 g/mol. The second-order valence-electron chi connectivity index (χ2n) is 11.7. The van der Waals surface area contributed by atoms with Gasteiger partial charge in [-0.1, -0.05) is 24.3 Å². The van der Waals surface area contributed by atoms with Gasteiger partial charge in [-0.15, -0.1) is 0 Å². The number of rotatable bonds is 3. The Morgan fingerprint density at radius 1 is 1.07 bits per heavy atom. The minimum Gasteiger partial charge on any atom is -0.383 e. The number of benzene rings is 1. The van der Waals surface area contributed by atoms with Crippen molar-refractivity contribution in [3.05, 3.63) is 71.6 Å². The van der Waals surface area contributed by atoms with Crippen LogP contribution in [-0.4, -0.2) is 50.7 Å². The van der Waals surface area contributed by atoms with Gasteiger partial charge in [0.1, 0.15) is 17.3 Å². The highest BCUT2D eigenvalue weighted by Crippen LogP contribution is 2.39. The highest BCUT2D eigenvalue weighted by Gasteiger charge is 2.31. The number of carbonyl (C=O) groups is 2. The van der Waals surface area contributed by atoms with Crippen LogP contribution in [0.15, 0.2) is 54.9 Å². The molecule has 13 heteroatoms. The minimum absolute atomic E-state index is 0.0142. The highest BCUT2D eigenvalue weighted by molar-refractivity contribution is 6.06. The van der Waals surface area contributed by atoms with E-state index in [1.54, 1.807) is 30.5 Å². The maximum absolute atomic E-state index is 13.1. The summed E-state index contributed by atoms with van der Waals surface area (Å²) in [6, 6.07) is 8.30. The van der Waals surface area contributed by atoms with Crippen LogP contribution in [0.3, 0.4) is 0 Å². The normalized spacial score (nSPS) is 19.5. The summed E-state index contributed by atoms with van der Waals surface area (Å²) in [5.74, 6) is -0.410. The number of nitrogen functional groups attached to an aromatic ring is 1. The Hall–Kier alpha value is -4.78. The van der Waals surface area contributed by atoms with Gasteiger partial charge in [-0.2, -0.15) is 18.3 Å². The molecule has 240 valence electrons. The van der Waals surface area contributed by atoms with Crippen LogP contribution in [0.4, 0.5) is 24.8 Å². The molecule has 0 radical (unpaired) electrons. The molecular formula is C33H35F3N8O2. The summed E-state index contributed by atoms with van der Waals surface area (Å²) in [6.07, 6.45) is 7.97. The predicted octanol–water partition coefficient (Wildman–Crippen LogP) is 5.73. The van der Waals surface area contributed by atoms with Crippen LogP contribution in [0.5, 0.6) is 0 Å². The van der Waals surface area contributed by atoms with E-state index in [2.05, 4.69) is 25.9 Å². The van der Waals surface area contributed by atoms with Crippen molar-refractivity contribution >= 4 is 40.4 Å². The van der Waals surface area contributed by atoms with E-state index in [4.69, 9.17) is 10.8 Å². The van der Waals surface area contributed by atoms with E-state index < -0.39 is 17.6 Å². The third-order valence-corrected chi connectivity index (χ3v) is 8.46. The predicted molar refractivity (Wildman–Crippen MR) is 170 cm³/mol. The number of hydrogen-bond acceptors (Lipinski definition) is 7. The molecule has 2 aliphatic rings. The zero-order chi connectivity index (χ0) is 32.3. The topological polar surface area (TPSA) is 140 Å². The third kappa shape index (κ3) is 6.89. The smallest absolute Gasteiger partial charge is 0.383 e. The Balaban J connectivity index is 1.35. The molecule has 1 aromatic carbocycles. The summed E-state index contributed by atoms with van der Waals surface area (Å²) in [5, 5.41) is 14.8. The van der Waals surface area contributed by atoms with Crippen LogP contribution in [0.2, 0.25) is 0 Å². The summed E-state index contributed by atoms with van der Waals surface area (Å²) in [7, 11) is 0. The molecule has 3 aromatic heterocycles. The first kappa shape index (κ1) is 31.2. The quantitative estimate of drug-likeness (QED) is 0.226. The summed E-state index contributed by atoms with van der Waals surface area (Å²) in [6.45, 7) is 1.47. The summed E-state index contributed by atoms with van der Waals surface area (Å²) in [4.78, 5) is 33.9. The lowest BCUT2D eigenvalue weighted by Gasteiger charge is -2.30. The molecule has 6 rings (SSSR count). The second-order valence-corrected chi connectivity index (χ2v) is 11.7. The number of fused-ring (bicyclic) bond motifs is 3. The molecule has 1 aliphatic carbocycles. The number of carbonyl (C=O) groups excluding carboxylic acids is 2. The van der Waals surface area contributed by atoms with Crippen molar-refractivity contribution in [3.8, 4) is 11.3 Å². The number of aromatic nitrogens is 4. The van der Waals surface area contributed by atoms with Crippen molar-refractivity contribution in [2.24, 2.45) is 0 Å². The summed E-state index contributed by atoms with van der Waals surface area (Å²) >= 11 is 0. The van der Waals surface area contributed by atoms with Gasteiger partial charge in [0.15, 0.2) is 0 Å². The summed E-state index contributed by atoms with van der Waals surface area (Å²) in [5.41, 5.74) is 8.84. The van der Waals surface area contributed by atoms with Crippen LogP contribution >= 0.6 is 0 Å². The second kappa shape index (κ2) is 13.3. The SMILES string of the molecule is Nc1ncc2c3c1c(-c1ccc(C(=O)Nc4cc(C(F)(F)F)ccn4)cc1)nn3[C@@H]1CCC[C@H](C1)NC(=O)CCCCNCC=C2. The number of alkyl halides is 3. The number of amides is 2. The number of anilines is 2. The monoisotopic (exact) mass is 632 g/mol. The van der Waals surface area contributed by atoms with Crippen molar-refractivity contribution < 1.29 is 22.8 Å². The zero-order valence-corrected chi connectivity index (χ0v) is 25.1. The van der Waals surface area contributed by atoms with Crippen LogP contribution < -0.4 is 21.7 Å². The lowest BCUT2D eigenvalue weighted by atomic mass is 9.90. The third-order valence-electron chi connectivity index (χ3n) is 8.46. The molecule has 46 heavy (non-hydrogen) atoms. The van der Waals surface area contributed by atoms with Gasteiger partial charge < -0.3 is 21.7 Å². The van der Waals surface area contributed by atoms with E-state index in [1.165, 1.54) is 0 Å². The Labute approximate surface area is 263 Å². The van der Waals surface area contributed by atoms with Crippen LogP contribution in [0.25, 0.3) is 28.2 Å². The van der Waals surface area contributed by atoms with Crippen LogP contribution in [0, 0.1) is 0 Å². The minimum atomic E-state index is -4.56. The van der Waals surface area contributed by atoms with Crippen molar-refractivity contribution in [2.45, 2.75) is 63.2 Å². The maximum atomic E-state index is 13.1. The molecule has 0 spiro atoms. The average molecular weight is 633 g/mol. The first-order valence-corrected chi connectivity index (χ1v) is 15.5. The number of nitrogens with one attached hydrogen (secondary N) is 3. The van der Waals surface area contributed by atoms with E-state index >= 15 is 0 Å². The zero-order valence-electron chi connectivity index (χ0n) is 25.1. The number of halogens is 3. The van der Waals surface area contributed by atoms with Crippen molar-refractivity contribution in [1.82, 2.24) is 30.4 Å². The average Bonchev–Trinajstić information content (AvgIpc) is 3.45. The van der Waals surface area contributed by atoms with Crippen LogP contribution in [-0.2, 0) is 11.0 Å². The Kier molecular flexibility index (Phi) is 9.02. The first-order chi connectivity index (χ1) is 22.2. The van der Waals surface area contributed by atoms with E-state index in [9.17, 15) is 22.8 Å². The molecule has 1 aliphatic heterocycles. The molecule has 1 fully saturated rings. The number of nitrogens with two attached hydrogens (primary N) is 1. The molecule has 0 saturated heterocycles. The standard InChI is InChI=1S/C33H35F3N8O2/c34-33(35,36)23-13-16-39-26(17-23)42-32(46)21-11-9-20(10-12-21)29-28-30-22(19-40-31(28)37)5-4-15-38-14-2-1-8-27(45)41-24-6-3-7-25(18-24)44(30)43-29/h4-5,9-13,16-17,19,24-25,38H,1-3,6-8,14-15,18H2,(H2,37,40)(H,41,45)(H,39,42,46)/t24-,25-/m1/s1. The van der Waals surface area contributed by atoms with Gasteiger partial charge in [-0.25, -0.2) is 9.97 Å². The molecule has 5 N–H and O–H groups in total. The van der Waals surface area contributed by atoms with Gasteiger partial charge in [-0.05, 0) is 69.3 Å². The molecule has 2 bridgehead atoms. The Morgan fingerprint density at radius 2 is 1.89 bits per heavy atom. The molecule has 4 aromatic rings. The van der Waals surface area contributed by atoms with Gasteiger partial charge in [0.2, 0.25) is 5.91 Å². The number of nitrogens with zero attached hydrogens (tertiary/aromatic N) is 4. The van der Waals surface area contributed by atoms with Crippen LogP contribution in [0.1, 0.15) is 72.5 Å². The van der Waals surface area contributed by atoms with Gasteiger partial charge >= 0.3 is 6.18 Å². The molecule has 4 heterocycles. The molecule has 1 saturated carbocycles. The van der Waals surface area contributed by atoms with E-state index in [1.807, 2.05) is 16.8 Å². The molecule has 0 unspecified atom stereocenters. The van der Waals surface area contributed by atoms with E-state index in [0.717, 1.165) is 74.5 Å². The first-order valence-electron chi connectivity index (χ1n) is 15.5. The number of pyridine rings is 2. The molecule has 10 nitrogen and oxygen atoms in total. The van der Waals surface area contributed by atoms with Crippen molar-refractivity contribution in [3.63, 3.8) is 0 Å². The molecule has 2 atom stereocenters. The van der Waals surface area contributed by atoms with Gasteiger partial charge in [0.25, 0.3) is 5.91 Å². The Bertz CT molecular complexity index is 1770. The van der Waals surface area contributed by atoms with E-state index in [-0.39, 0.29) is 29.4 Å². The maximum Gasteiger partial charge on any atom is 0.416 e. The lowest BCUT2D eigenvalue weighted by Crippen LogP contribution is -2.39. The number of hydrogen-bond donors (Lipinski definition) is 4. The van der Waals surface area contributed by atoms with E-state index in [0.29, 0.717) is 35.4 Å². The van der Waals surface area contributed by atoms with Crippen molar-refractivity contribution in [1.29, 1.82) is 0 Å². The fourth-order valence-electron chi connectivity index (χ4n) is 6.17. The van der Waals surface area contributed by atoms with Gasteiger partial charge in [-0.3, -0.25) is 14.3 Å². The molecule has 2 amide bonds. The fraction of sp³-hybridized carbons (Fsp3) is 0.364. The fourth-order valence-corrected chi connectivity index (χ4v) is 6.17. The van der Waals surface area contributed by atoms with Gasteiger partial charge in [0, 0.05) is 48.1 Å². The van der Waals surface area contributed by atoms with Gasteiger partial charge in [0.05, 0.1) is 22.5 Å². The Morgan fingerprint density at radius 3 is 2.70 bits per heavy atom. The highest BCUT2D eigenvalue weighted by atomic mass is 19.4. The lowest BCUT2D eigenvalue weighted by molar-refractivity contribution is -0.137.